The van der Waals surface area contributed by atoms with Crippen LogP contribution in [0.4, 0.5) is 5.69 Å². The van der Waals surface area contributed by atoms with E-state index < -0.39 is 4.92 Å². The monoisotopic (exact) mass is 329 g/mol. The summed E-state index contributed by atoms with van der Waals surface area (Å²) >= 11 is 0. The van der Waals surface area contributed by atoms with Crippen LogP contribution in [0, 0.1) is 46.4 Å². The first-order valence-electron chi connectivity index (χ1n) is 7.76. The Morgan fingerprint density at radius 3 is 2.40 bits per heavy atom. The summed E-state index contributed by atoms with van der Waals surface area (Å²) in [5, 5.41) is 25.2. The molecule has 0 amide bonds. The summed E-state index contributed by atoms with van der Waals surface area (Å²) in [6.45, 7) is 0. The highest BCUT2D eigenvalue weighted by Gasteiger charge is 2.38. The van der Waals surface area contributed by atoms with Gasteiger partial charge in [0, 0.05) is 11.8 Å². The third-order valence-electron chi connectivity index (χ3n) is 4.29. The lowest BCUT2D eigenvalue weighted by atomic mass is 9.82. The van der Waals surface area contributed by atoms with Crippen molar-refractivity contribution in [2.45, 2.75) is 0 Å². The fourth-order valence-corrected chi connectivity index (χ4v) is 3.19. The molecule has 0 aliphatic heterocycles. The molecule has 5 nitrogen and oxygen atoms in total. The molecule has 0 unspecified atom stereocenters. The zero-order chi connectivity index (χ0) is 17.4. The highest BCUT2D eigenvalue weighted by atomic mass is 16.6. The van der Waals surface area contributed by atoms with E-state index in [-0.39, 0.29) is 5.69 Å². The zero-order valence-corrected chi connectivity index (χ0v) is 13.1. The molecule has 0 atom stereocenters. The molecule has 0 bridgehead atoms. The number of aromatic nitrogens is 1. The molecule has 2 aromatic carbocycles. The number of fused-ring (bicyclic) bond motifs is 1. The molecule has 1 heterocycles. The van der Waals surface area contributed by atoms with Crippen molar-refractivity contribution in [1.29, 1.82) is 0 Å². The van der Waals surface area contributed by atoms with Gasteiger partial charge in [-0.25, -0.2) is 0 Å². The van der Waals surface area contributed by atoms with Crippen LogP contribution in [0.25, 0.3) is 10.8 Å². The molecule has 121 valence electrons. The van der Waals surface area contributed by atoms with Crippen LogP contribution in [-0.4, -0.2) is 4.92 Å². The maximum absolute atomic E-state index is 11.7. The summed E-state index contributed by atoms with van der Waals surface area (Å²) < 4.78 is 0.586. The number of nitrogens with zero attached hydrogens (tertiary/aromatic N) is 2. The van der Waals surface area contributed by atoms with Gasteiger partial charge in [0.2, 0.25) is 0 Å². The van der Waals surface area contributed by atoms with Crippen LogP contribution in [0.5, 0.6) is 0 Å². The van der Waals surface area contributed by atoms with E-state index in [0.29, 0.717) is 16.2 Å². The standard InChI is InChI=1S/C20H13N2O3/c23-21-12-11-20(22(24)25)19(13-21)18-10-4-9-17(18)16-8-3-6-14-5-1-2-7-15(14)16/h1-13H. The Kier molecular flexibility index (Phi) is 3.84. The van der Waals surface area contributed by atoms with Gasteiger partial charge >= 0.3 is 0 Å². The molecular weight excluding hydrogens is 316 g/mol. The Hall–Kier alpha value is -2.95. The summed E-state index contributed by atoms with van der Waals surface area (Å²) in [5.74, 6) is 1.54. The first-order chi connectivity index (χ1) is 12.1. The van der Waals surface area contributed by atoms with E-state index in [0.717, 1.165) is 28.5 Å². The van der Waals surface area contributed by atoms with E-state index in [1.54, 1.807) is 6.42 Å². The Morgan fingerprint density at radius 1 is 0.880 bits per heavy atom. The molecule has 0 saturated heterocycles. The lowest BCUT2D eigenvalue weighted by molar-refractivity contribution is -0.606. The van der Waals surface area contributed by atoms with Gasteiger partial charge in [-0.1, -0.05) is 42.5 Å². The van der Waals surface area contributed by atoms with Crippen molar-refractivity contribution >= 4 is 16.5 Å². The topological polar surface area (TPSA) is 70.1 Å². The number of nitro groups is 1. The van der Waals surface area contributed by atoms with Crippen LogP contribution >= 0.6 is 0 Å². The first-order valence-corrected chi connectivity index (χ1v) is 7.76. The van der Waals surface area contributed by atoms with Crippen LogP contribution in [0.15, 0.2) is 60.9 Å². The molecule has 5 heteroatoms. The summed E-state index contributed by atoms with van der Waals surface area (Å²) in [6, 6.07) is 15.2. The number of pyridine rings is 1. The Bertz CT molecular complexity index is 949. The van der Waals surface area contributed by atoms with Crippen LogP contribution in [0.2, 0.25) is 0 Å². The zero-order valence-electron chi connectivity index (χ0n) is 13.1. The van der Waals surface area contributed by atoms with Crippen molar-refractivity contribution in [1.82, 2.24) is 0 Å². The minimum absolute atomic E-state index is 0.0835. The van der Waals surface area contributed by atoms with Crippen molar-refractivity contribution in [3.8, 4) is 0 Å². The van der Waals surface area contributed by atoms with Crippen molar-refractivity contribution in [3.63, 3.8) is 0 Å². The SMILES string of the molecule is O=[N+]([O-])c1cc[n+]([O-])cc1[C]1[CH][CH][CH][C]1c1cccc2ccccc12. The molecule has 0 spiro atoms. The molecule has 1 fully saturated rings. The van der Waals surface area contributed by atoms with Gasteiger partial charge in [0.1, 0.15) is 5.56 Å². The van der Waals surface area contributed by atoms with E-state index in [2.05, 4.69) is 0 Å². The molecule has 25 heavy (non-hydrogen) atoms. The first kappa shape index (κ1) is 15.6. The minimum Gasteiger partial charge on any atom is -0.619 e. The average molecular weight is 329 g/mol. The normalized spacial score (nSPS) is 15.7. The lowest BCUT2D eigenvalue weighted by Gasteiger charge is -2.19. The summed E-state index contributed by atoms with van der Waals surface area (Å²) in [6.07, 6.45) is 7.96. The quantitative estimate of drug-likeness (QED) is 0.319. The fraction of sp³-hybridized carbons (Fsp3) is 0. The van der Waals surface area contributed by atoms with Crippen molar-refractivity contribution in [2.75, 3.05) is 0 Å². The third-order valence-corrected chi connectivity index (χ3v) is 4.29. The second kappa shape index (κ2) is 6.16. The van der Waals surface area contributed by atoms with Gasteiger partial charge in [0.15, 0.2) is 12.4 Å². The maximum Gasteiger partial charge on any atom is 0.285 e. The van der Waals surface area contributed by atoms with Gasteiger partial charge < -0.3 is 5.21 Å². The molecule has 0 N–H and O–H groups in total. The van der Waals surface area contributed by atoms with E-state index >= 15 is 0 Å². The van der Waals surface area contributed by atoms with Gasteiger partial charge in [-0.2, -0.15) is 4.73 Å². The van der Waals surface area contributed by atoms with Crippen LogP contribution < -0.4 is 4.73 Å². The van der Waals surface area contributed by atoms with Crippen LogP contribution in [0.3, 0.4) is 0 Å². The van der Waals surface area contributed by atoms with Gasteiger partial charge in [0.25, 0.3) is 5.69 Å². The molecular formula is C20H13N2O3. The maximum atomic E-state index is 11.7. The second-order valence-electron chi connectivity index (χ2n) is 5.74. The van der Waals surface area contributed by atoms with Gasteiger partial charge in [-0.3, -0.25) is 10.1 Å². The Labute approximate surface area is 145 Å². The molecule has 5 radical (unpaired) electrons. The molecule has 1 aromatic heterocycles. The largest absolute Gasteiger partial charge is 0.619 e. The molecule has 3 aromatic rings. The molecule has 4 rings (SSSR count). The van der Waals surface area contributed by atoms with Gasteiger partial charge in [-0.15, -0.1) is 0 Å². The minimum atomic E-state index is -0.463. The molecule has 1 aliphatic carbocycles. The predicted molar refractivity (Wildman–Crippen MR) is 93.6 cm³/mol. The predicted octanol–water partition coefficient (Wildman–Crippen LogP) is 3.55. The number of rotatable bonds is 3. The van der Waals surface area contributed by atoms with Crippen molar-refractivity contribution in [2.24, 2.45) is 0 Å². The van der Waals surface area contributed by atoms with Crippen molar-refractivity contribution < 1.29 is 9.65 Å². The smallest absolute Gasteiger partial charge is 0.285 e. The summed E-state index contributed by atoms with van der Waals surface area (Å²) in [7, 11) is 0. The van der Waals surface area contributed by atoms with Crippen molar-refractivity contribution in [3.05, 3.63) is 118 Å². The van der Waals surface area contributed by atoms with Gasteiger partial charge in [0.05, 0.1) is 11.0 Å². The van der Waals surface area contributed by atoms with E-state index in [1.807, 2.05) is 55.3 Å². The fourth-order valence-electron chi connectivity index (χ4n) is 3.19. The number of hydrogen-bond donors (Lipinski definition) is 0. The molecule has 1 aliphatic rings. The van der Waals surface area contributed by atoms with Gasteiger partial charge in [-0.05, 0) is 35.6 Å². The Balaban J connectivity index is 1.84. The lowest BCUT2D eigenvalue weighted by Crippen LogP contribution is -2.27. The highest BCUT2D eigenvalue weighted by molar-refractivity contribution is 5.90. The number of hydrogen-bond acceptors (Lipinski definition) is 3. The van der Waals surface area contributed by atoms with Crippen LogP contribution in [0.1, 0.15) is 11.1 Å². The highest BCUT2D eigenvalue weighted by Crippen LogP contribution is 2.46. The summed E-state index contributed by atoms with van der Waals surface area (Å²) in [5.41, 5.74) is 1.21. The van der Waals surface area contributed by atoms with E-state index in [4.69, 9.17) is 0 Å². The number of benzene rings is 2. The average Bonchev–Trinajstić information content (AvgIpc) is 3.10. The summed E-state index contributed by atoms with van der Waals surface area (Å²) in [4.78, 5) is 10.9. The second-order valence-corrected chi connectivity index (χ2v) is 5.74. The van der Waals surface area contributed by atoms with E-state index in [1.165, 1.54) is 12.3 Å². The van der Waals surface area contributed by atoms with Crippen LogP contribution in [-0.2, 0) is 0 Å². The Morgan fingerprint density at radius 2 is 1.60 bits per heavy atom. The molecule has 1 saturated carbocycles. The van der Waals surface area contributed by atoms with E-state index in [9.17, 15) is 15.3 Å². The third kappa shape index (κ3) is 2.71.